The number of ether oxygens (including phenoxy) is 1. The molecule has 0 saturated heterocycles. The van der Waals surface area contributed by atoms with Gasteiger partial charge in [-0.05, 0) is 30.2 Å². The van der Waals surface area contributed by atoms with Crippen molar-refractivity contribution in [3.05, 3.63) is 29.8 Å². The van der Waals surface area contributed by atoms with Crippen molar-refractivity contribution in [3.8, 4) is 5.75 Å². The maximum atomic E-state index is 10.4. The number of aliphatic carboxylic acids is 1. The van der Waals surface area contributed by atoms with Crippen molar-refractivity contribution in [2.24, 2.45) is 5.92 Å². The van der Waals surface area contributed by atoms with Crippen LogP contribution in [0.1, 0.15) is 19.4 Å². The molecule has 0 aliphatic heterocycles. The van der Waals surface area contributed by atoms with E-state index < -0.39 is 5.97 Å². The van der Waals surface area contributed by atoms with Crippen LogP contribution in [0.15, 0.2) is 24.3 Å². The van der Waals surface area contributed by atoms with Gasteiger partial charge in [-0.3, -0.25) is 0 Å². The van der Waals surface area contributed by atoms with E-state index >= 15 is 0 Å². The van der Waals surface area contributed by atoms with Crippen LogP contribution in [-0.4, -0.2) is 24.2 Å². The molecule has 4 nitrogen and oxygen atoms in total. The van der Waals surface area contributed by atoms with Gasteiger partial charge in [0.25, 0.3) is 0 Å². The molecule has 0 fully saturated rings. The van der Waals surface area contributed by atoms with E-state index in [9.17, 15) is 4.79 Å². The number of benzene rings is 1. The van der Waals surface area contributed by atoms with Crippen molar-refractivity contribution in [2.75, 3.05) is 13.2 Å². The number of nitrogens with one attached hydrogen (secondary N) is 1. The summed E-state index contributed by atoms with van der Waals surface area (Å²) in [6.07, 6.45) is 0. The zero-order chi connectivity index (χ0) is 12.7. The van der Waals surface area contributed by atoms with Crippen molar-refractivity contribution < 1.29 is 14.6 Å². The topological polar surface area (TPSA) is 58.6 Å². The molecule has 0 saturated carbocycles. The first-order valence-corrected chi connectivity index (χ1v) is 5.72. The maximum Gasteiger partial charge on any atom is 0.341 e. The van der Waals surface area contributed by atoms with E-state index in [1.165, 1.54) is 0 Å². The highest BCUT2D eigenvalue weighted by Crippen LogP contribution is 2.13. The molecule has 4 heteroatoms. The van der Waals surface area contributed by atoms with Crippen molar-refractivity contribution in [1.29, 1.82) is 0 Å². The predicted octanol–water partition coefficient (Wildman–Crippen LogP) is 1.90. The van der Waals surface area contributed by atoms with E-state index in [1.54, 1.807) is 6.07 Å². The molecule has 1 aromatic rings. The molecule has 17 heavy (non-hydrogen) atoms. The van der Waals surface area contributed by atoms with Gasteiger partial charge in [-0.2, -0.15) is 0 Å². The summed E-state index contributed by atoms with van der Waals surface area (Å²) in [6.45, 7) is 5.73. The van der Waals surface area contributed by atoms with Gasteiger partial charge in [-0.15, -0.1) is 0 Å². The van der Waals surface area contributed by atoms with E-state index in [1.807, 2.05) is 18.2 Å². The van der Waals surface area contributed by atoms with Gasteiger partial charge in [-0.25, -0.2) is 4.79 Å². The fourth-order valence-electron chi connectivity index (χ4n) is 1.40. The fourth-order valence-corrected chi connectivity index (χ4v) is 1.40. The second kappa shape index (κ2) is 6.91. The van der Waals surface area contributed by atoms with Gasteiger partial charge in [0, 0.05) is 6.54 Å². The number of hydrogen-bond donors (Lipinski definition) is 2. The van der Waals surface area contributed by atoms with E-state index in [-0.39, 0.29) is 6.61 Å². The van der Waals surface area contributed by atoms with Crippen LogP contribution in [0, 0.1) is 5.92 Å². The van der Waals surface area contributed by atoms with Gasteiger partial charge >= 0.3 is 5.97 Å². The molecule has 1 aromatic carbocycles. The molecule has 0 aliphatic carbocycles. The second-order valence-corrected chi connectivity index (χ2v) is 4.35. The average molecular weight is 237 g/mol. The van der Waals surface area contributed by atoms with Gasteiger partial charge < -0.3 is 15.2 Å². The zero-order valence-electron chi connectivity index (χ0n) is 10.3. The Morgan fingerprint density at radius 2 is 2.24 bits per heavy atom. The molecule has 0 unspecified atom stereocenters. The lowest BCUT2D eigenvalue weighted by Crippen LogP contribution is -2.19. The Morgan fingerprint density at radius 1 is 1.47 bits per heavy atom. The number of carbonyl (C=O) groups is 1. The van der Waals surface area contributed by atoms with E-state index in [0.717, 1.165) is 18.7 Å². The summed E-state index contributed by atoms with van der Waals surface area (Å²) >= 11 is 0. The van der Waals surface area contributed by atoms with Crippen LogP contribution < -0.4 is 10.1 Å². The van der Waals surface area contributed by atoms with Crippen LogP contribution in [0.25, 0.3) is 0 Å². The van der Waals surface area contributed by atoms with E-state index in [2.05, 4.69) is 19.2 Å². The molecular weight excluding hydrogens is 218 g/mol. The van der Waals surface area contributed by atoms with Crippen LogP contribution in [0.2, 0.25) is 0 Å². The van der Waals surface area contributed by atoms with Crippen LogP contribution in [0.3, 0.4) is 0 Å². The van der Waals surface area contributed by atoms with Crippen LogP contribution in [-0.2, 0) is 11.3 Å². The molecule has 94 valence electrons. The van der Waals surface area contributed by atoms with Gasteiger partial charge in [0.2, 0.25) is 0 Å². The first-order chi connectivity index (χ1) is 8.08. The summed E-state index contributed by atoms with van der Waals surface area (Å²) in [5.74, 6) is 0.242. The molecule has 2 N–H and O–H groups in total. The molecule has 0 heterocycles. The highest BCUT2D eigenvalue weighted by atomic mass is 16.5. The standard InChI is InChI=1S/C13H19NO3/c1-10(2)7-14-8-11-4-3-5-12(6-11)17-9-13(15)16/h3-6,10,14H,7-9H2,1-2H3,(H,15,16). The molecule has 0 amide bonds. The Hall–Kier alpha value is -1.55. The fraction of sp³-hybridized carbons (Fsp3) is 0.462. The molecule has 0 aromatic heterocycles. The highest BCUT2D eigenvalue weighted by Gasteiger charge is 2.01. The molecular formula is C13H19NO3. The predicted molar refractivity (Wildman–Crippen MR) is 66.1 cm³/mol. The maximum absolute atomic E-state index is 10.4. The summed E-state index contributed by atoms with van der Waals surface area (Å²) in [4.78, 5) is 10.4. The van der Waals surface area contributed by atoms with Crippen molar-refractivity contribution in [3.63, 3.8) is 0 Å². The normalized spacial score (nSPS) is 10.5. The largest absolute Gasteiger partial charge is 0.482 e. The highest BCUT2D eigenvalue weighted by molar-refractivity contribution is 5.68. The summed E-state index contributed by atoms with van der Waals surface area (Å²) in [5, 5.41) is 11.8. The van der Waals surface area contributed by atoms with E-state index in [0.29, 0.717) is 11.7 Å². The number of carboxylic acids is 1. The third-order valence-electron chi connectivity index (χ3n) is 2.14. The SMILES string of the molecule is CC(C)CNCc1cccc(OCC(=O)O)c1. The molecule has 0 bridgehead atoms. The lowest BCUT2D eigenvalue weighted by atomic mass is 10.2. The Morgan fingerprint density at radius 3 is 2.88 bits per heavy atom. The summed E-state index contributed by atoms with van der Waals surface area (Å²) in [5.41, 5.74) is 1.09. The lowest BCUT2D eigenvalue weighted by Gasteiger charge is -2.09. The van der Waals surface area contributed by atoms with Gasteiger partial charge in [0.05, 0.1) is 0 Å². The van der Waals surface area contributed by atoms with Crippen molar-refractivity contribution in [1.82, 2.24) is 5.32 Å². The smallest absolute Gasteiger partial charge is 0.341 e. The molecule has 0 radical (unpaired) electrons. The Labute approximate surface area is 102 Å². The van der Waals surface area contributed by atoms with Crippen LogP contribution in [0.4, 0.5) is 0 Å². The Kier molecular flexibility index (Phi) is 5.49. The molecule has 0 spiro atoms. The Bertz CT molecular complexity index is 363. The first kappa shape index (κ1) is 13.5. The summed E-state index contributed by atoms with van der Waals surface area (Å²) < 4.78 is 5.11. The van der Waals surface area contributed by atoms with Crippen LogP contribution in [0.5, 0.6) is 5.75 Å². The molecule has 0 aliphatic rings. The van der Waals surface area contributed by atoms with Crippen molar-refractivity contribution >= 4 is 5.97 Å². The lowest BCUT2D eigenvalue weighted by molar-refractivity contribution is -0.139. The minimum Gasteiger partial charge on any atom is -0.482 e. The van der Waals surface area contributed by atoms with Gasteiger partial charge in [-0.1, -0.05) is 26.0 Å². The number of rotatable bonds is 7. The third kappa shape index (κ3) is 5.92. The van der Waals surface area contributed by atoms with E-state index in [4.69, 9.17) is 9.84 Å². The van der Waals surface area contributed by atoms with Gasteiger partial charge in [0.1, 0.15) is 5.75 Å². The second-order valence-electron chi connectivity index (χ2n) is 4.35. The van der Waals surface area contributed by atoms with Crippen LogP contribution >= 0.6 is 0 Å². The molecule has 1 rings (SSSR count). The quantitative estimate of drug-likeness (QED) is 0.760. The minimum absolute atomic E-state index is 0.303. The summed E-state index contributed by atoms with van der Waals surface area (Å²) in [7, 11) is 0. The number of carboxylic acid groups (broad SMARTS) is 1. The summed E-state index contributed by atoms with van der Waals surface area (Å²) in [6, 6.07) is 7.47. The third-order valence-corrected chi connectivity index (χ3v) is 2.14. The average Bonchev–Trinajstić information content (AvgIpc) is 2.26. The first-order valence-electron chi connectivity index (χ1n) is 5.72. The van der Waals surface area contributed by atoms with Gasteiger partial charge in [0.15, 0.2) is 6.61 Å². The Balaban J connectivity index is 2.45. The monoisotopic (exact) mass is 237 g/mol. The zero-order valence-corrected chi connectivity index (χ0v) is 10.3. The molecule has 0 atom stereocenters. The minimum atomic E-state index is -0.965. The number of hydrogen-bond acceptors (Lipinski definition) is 3. The van der Waals surface area contributed by atoms with Crippen molar-refractivity contribution in [2.45, 2.75) is 20.4 Å².